The van der Waals surface area contributed by atoms with Gasteiger partial charge >= 0.3 is 0 Å². The Labute approximate surface area is 135 Å². The van der Waals surface area contributed by atoms with Gasteiger partial charge in [-0.25, -0.2) is 0 Å². The first-order chi connectivity index (χ1) is 10.8. The van der Waals surface area contributed by atoms with Crippen molar-refractivity contribution in [3.8, 4) is 5.88 Å². The standard InChI is InChI=1S/C17H32N4O/c1-3-5-6-7-8-9-10-11-12-19-15-14-16(22-13-4-2)21-17(18)20-15/h14H,3-13H2,1-2H3,(H3,18,19,20,21). The molecule has 5 heteroatoms. The molecule has 0 unspecified atom stereocenters. The first-order valence-electron chi connectivity index (χ1n) is 8.77. The minimum Gasteiger partial charge on any atom is -0.477 e. The van der Waals surface area contributed by atoms with Gasteiger partial charge in [0.05, 0.1) is 6.61 Å². The highest BCUT2D eigenvalue weighted by Crippen LogP contribution is 2.15. The lowest BCUT2D eigenvalue weighted by Crippen LogP contribution is -2.07. The molecule has 0 radical (unpaired) electrons. The molecule has 0 aliphatic carbocycles. The summed E-state index contributed by atoms with van der Waals surface area (Å²) in [6.07, 6.45) is 11.5. The van der Waals surface area contributed by atoms with E-state index in [0.717, 1.165) is 25.2 Å². The summed E-state index contributed by atoms with van der Waals surface area (Å²) in [7, 11) is 0. The fourth-order valence-corrected chi connectivity index (χ4v) is 2.29. The van der Waals surface area contributed by atoms with Crippen LogP contribution in [0.4, 0.5) is 11.8 Å². The number of anilines is 2. The number of hydrogen-bond donors (Lipinski definition) is 2. The average molecular weight is 308 g/mol. The predicted molar refractivity (Wildman–Crippen MR) is 93.3 cm³/mol. The van der Waals surface area contributed by atoms with Crippen LogP contribution in [-0.4, -0.2) is 23.1 Å². The third-order valence-corrected chi connectivity index (χ3v) is 3.51. The lowest BCUT2D eigenvalue weighted by Gasteiger charge is -2.09. The van der Waals surface area contributed by atoms with E-state index in [-0.39, 0.29) is 5.95 Å². The van der Waals surface area contributed by atoms with Crippen molar-refractivity contribution < 1.29 is 4.74 Å². The second-order valence-corrected chi connectivity index (χ2v) is 5.70. The van der Waals surface area contributed by atoms with Crippen LogP contribution < -0.4 is 15.8 Å². The van der Waals surface area contributed by atoms with Crippen LogP contribution >= 0.6 is 0 Å². The Balaban J connectivity index is 2.15. The number of hydrogen-bond acceptors (Lipinski definition) is 5. The number of nitrogens with two attached hydrogens (primary N) is 1. The summed E-state index contributed by atoms with van der Waals surface area (Å²) >= 11 is 0. The van der Waals surface area contributed by atoms with E-state index in [0.29, 0.717) is 12.5 Å². The number of rotatable bonds is 13. The Morgan fingerprint density at radius 1 is 0.955 bits per heavy atom. The molecule has 1 aromatic rings. The van der Waals surface area contributed by atoms with E-state index in [9.17, 15) is 0 Å². The summed E-state index contributed by atoms with van der Waals surface area (Å²) in [4.78, 5) is 8.25. The number of aromatic nitrogens is 2. The maximum Gasteiger partial charge on any atom is 0.225 e. The van der Waals surface area contributed by atoms with Crippen LogP contribution in [-0.2, 0) is 0 Å². The van der Waals surface area contributed by atoms with Crippen LogP contribution in [0.3, 0.4) is 0 Å². The summed E-state index contributed by atoms with van der Waals surface area (Å²) in [5, 5.41) is 3.30. The van der Waals surface area contributed by atoms with Gasteiger partial charge in [0.25, 0.3) is 0 Å². The number of nitrogens with one attached hydrogen (secondary N) is 1. The Bertz CT molecular complexity index is 398. The summed E-state index contributed by atoms with van der Waals surface area (Å²) in [5.41, 5.74) is 5.70. The van der Waals surface area contributed by atoms with Crippen molar-refractivity contribution in [1.29, 1.82) is 0 Å². The van der Waals surface area contributed by atoms with Gasteiger partial charge in [-0.05, 0) is 12.8 Å². The minimum absolute atomic E-state index is 0.257. The van der Waals surface area contributed by atoms with Crippen molar-refractivity contribution >= 4 is 11.8 Å². The summed E-state index contributed by atoms with van der Waals surface area (Å²) in [6.45, 7) is 5.88. The molecule has 22 heavy (non-hydrogen) atoms. The Hall–Kier alpha value is -1.52. The molecular formula is C17H32N4O. The largest absolute Gasteiger partial charge is 0.477 e. The molecule has 0 amide bonds. The first kappa shape index (κ1) is 18.5. The van der Waals surface area contributed by atoms with Crippen molar-refractivity contribution in [2.45, 2.75) is 71.6 Å². The molecule has 0 fully saturated rings. The van der Waals surface area contributed by atoms with Crippen LogP contribution in [0, 0.1) is 0 Å². The molecule has 0 aliphatic rings. The summed E-state index contributed by atoms with van der Waals surface area (Å²) < 4.78 is 5.50. The number of nitrogen functional groups attached to an aromatic ring is 1. The van der Waals surface area contributed by atoms with Crippen molar-refractivity contribution in [3.63, 3.8) is 0 Å². The maximum atomic E-state index is 5.70. The van der Waals surface area contributed by atoms with Gasteiger partial charge in [-0.1, -0.05) is 58.8 Å². The van der Waals surface area contributed by atoms with Crippen molar-refractivity contribution in [1.82, 2.24) is 9.97 Å². The lowest BCUT2D eigenvalue weighted by atomic mass is 10.1. The number of nitrogens with zero attached hydrogens (tertiary/aromatic N) is 2. The SMILES string of the molecule is CCCCCCCCCCNc1cc(OCCC)nc(N)n1. The number of ether oxygens (including phenoxy) is 1. The molecule has 126 valence electrons. The second-order valence-electron chi connectivity index (χ2n) is 5.70. The van der Waals surface area contributed by atoms with Gasteiger partial charge in [0.1, 0.15) is 5.82 Å². The van der Waals surface area contributed by atoms with Gasteiger partial charge in [0, 0.05) is 12.6 Å². The van der Waals surface area contributed by atoms with Crippen LogP contribution in [0.25, 0.3) is 0 Å². The van der Waals surface area contributed by atoms with Gasteiger partial charge in [0.2, 0.25) is 11.8 Å². The van der Waals surface area contributed by atoms with Crippen molar-refractivity contribution in [2.24, 2.45) is 0 Å². The quantitative estimate of drug-likeness (QED) is 0.528. The molecule has 1 heterocycles. The van der Waals surface area contributed by atoms with Crippen molar-refractivity contribution in [2.75, 3.05) is 24.2 Å². The van der Waals surface area contributed by atoms with Gasteiger partial charge in [0.15, 0.2) is 0 Å². The van der Waals surface area contributed by atoms with Crippen LogP contribution in [0.5, 0.6) is 5.88 Å². The third kappa shape index (κ3) is 8.70. The third-order valence-electron chi connectivity index (χ3n) is 3.51. The average Bonchev–Trinajstić information content (AvgIpc) is 2.51. The molecule has 0 aliphatic heterocycles. The molecule has 0 atom stereocenters. The van der Waals surface area contributed by atoms with Crippen LogP contribution in [0.1, 0.15) is 71.6 Å². The zero-order valence-corrected chi connectivity index (χ0v) is 14.2. The van der Waals surface area contributed by atoms with Gasteiger partial charge in [-0.3, -0.25) is 0 Å². The van der Waals surface area contributed by atoms with Gasteiger partial charge < -0.3 is 15.8 Å². The second kappa shape index (κ2) is 12.1. The fraction of sp³-hybridized carbons (Fsp3) is 0.765. The summed E-state index contributed by atoms with van der Waals surface area (Å²) in [6, 6.07) is 1.82. The molecule has 0 aromatic carbocycles. The highest BCUT2D eigenvalue weighted by Gasteiger charge is 2.02. The van der Waals surface area contributed by atoms with E-state index >= 15 is 0 Å². The lowest BCUT2D eigenvalue weighted by molar-refractivity contribution is 0.305. The summed E-state index contributed by atoms with van der Waals surface area (Å²) in [5.74, 6) is 1.56. The molecular weight excluding hydrogens is 276 g/mol. The Morgan fingerprint density at radius 3 is 2.32 bits per heavy atom. The molecule has 0 spiro atoms. The zero-order valence-electron chi connectivity index (χ0n) is 14.2. The van der Waals surface area contributed by atoms with E-state index in [1.54, 1.807) is 0 Å². The fourth-order valence-electron chi connectivity index (χ4n) is 2.29. The highest BCUT2D eigenvalue weighted by molar-refractivity contribution is 5.42. The van der Waals surface area contributed by atoms with Gasteiger partial charge in [-0.2, -0.15) is 9.97 Å². The topological polar surface area (TPSA) is 73.1 Å². The Morgan fingerprint density at radius 2 is 1.64 bits per heavy atom. The molecule has 1 aromatic heterocycles. The molecule has 0 bridgehead atoms. The van der Waals surface area contributed by atoms with Crippen LogP contribution in [0.15, 0.2) is 6.07 Å². The minimum atomic E-state index is 0.257. The van der Waals surface area contributed by atoms with E-state index < -0.39 is 0 Å². The van der Waals surface area contributed by atoms with E-state index in [4.69, 9.17) is 10.5 Å². The normalized spacial score (nSPS) is 10.6. The molecule has 5 nitrogen and oxygen atoms in total. The first-order valence-corrected chi connectivity index (χ1v) is 8.77. The molecule has 0 saturated heterocycles. The monoisotopic (exact) mass is 308 g/mol. The van der Waals surface area contributed by atoms with Crippen molar-refractivity contribution in [3.05, 3.63) is 6.07 Å². The van der Waals surface area contributed by atoms with Gasteiger partial charge in [-0.15, -0.1) is 0 Å². The predicted octanol–water partition coefficient (Wildman–Crippen LogP) is 4.40. The maximum absolute atomic E-state index is 5.70. The molecule has 3 N–H and O–H groups in total. The van der Waals surface area contributed by atoms with Crippen LogP contribution in [0.2, 0.25) is 0 Å². The zero-order chi connectivity index (χ0) is 16.0. The Kier molecular flexibility index (Phi) is 10.2. The smallest absolute Gasteiger partial charge is 0.225 e. The highest BCUT2D eigenvalue weighted by atomic mass is 16.5. The molecule has 0 saturated carbocycles. The van der Waals surface area contributed by atoms with E-state index in [1.807, 2.05) is 6.07 Å². The van der Waals surface area contributed by atoms with E-state index in [2.05, 4.69) is 29.1 Å². The number of unbranched alkanes of at least 4 members (excludes halogenated alkanes) is 7. The molecule has 1 rings (SSSR count). The van der Waals surface area contributed by atoms with E-state index in [1.165, 1.54) is 44.9 Å².